The van der Waals surface area contributed by atoms with Crippen LogP contribution in [0.3, 0.4) is 0 Å². The van der Waals surface area contributed by atoms with E-state index >= 15 is 0 Å². The normalized spacial score (nSPS) is 15.8. The van der Waals surface area contributed by atoms with Crippen LogP contribution in [0.1, 0.15) is 28.5 Å². The van der Waals surface area contributed by atoms with Gasteiger partial charge in [0.25, 0.3) is 5.91 Å². The molecule has 2 aromatic heterocycles. The quantitative estimate of drug-likeness (QED) is 0.411. The molecule has 1 aliphatic heterocycles. The van der Waals surface area contributed by atoms with Gasteiger partial charge in [-0.3, -0.25) is 4.79 Å². The van der Waals surface area contributed by atoms with Crippen molar-refractivity contribution in [2.45, 2.75) is 26.1 Å². The third kappa shape index (κ3) is 4.95. The van der Waals surface area contributed by atoms with Crippen molar-refractivity contribution in [3.8, 4) is 5.75 Å². The molecule has 3 amide bonds. The summed E-state index contributed by atoms with van der Waals surface area (Å²) in [5, 5.41) is 6.12. The average Bonchev–Trinajstić information content (AvgIpc) is 3.50. The molecule has 1 atom stereocenters. The first-order valence-electron chi connectivity index (χ1n) is 12.1. The molecule has 186 valence electrons. The Labute approximate surface area is 214 Å². The van der Waals surface area contributed by atoms with Crippen LogP contribution in [-0.2, 0) is 13.1 Å². The Morgan fingerprint density at radius 3 is 2.61 bits per heavy atom. The summed E-state index contributed by atoms with van der Waals surface area (Å²) in [5.41, 5.74) is 2.81. The second kappa shape index (κ2) is 10.5. The van der Waals surface area contributed by atoms with E-state index in [4.69, 9.17) is 4.74 Å². The molecular weight excluding hydrogens is 472 g/mol. The van der Waals surface area contributed by atoms with Gasteiger partial charge in [-0.25, -0.2) is 4.79 Å². The number of carbonyl (C=O) groups is 2. The van der Waals surface area contributed by atoms with Crippen molar-refractivity contribution in [2.24, 2.45) is 0 Å². The molecule has 7 nitrogen and oxygen atoms in total. The lowest BCUT2D eigenvalue weighted by Gasteiger charge is -2.39. The van der Waals surface area contributed by atoms with Crippen LogP contribution in [0.5, 0.6) is 5.75 Å². The van der Waals surface area contributed by atoms with E-state index in [1.54, 1.807) is 18.4 Å². The molecule has 2 aromatic carbocycles. The number of thiophene rings is 1. The molecule has 3 heterocycles. The number of amides is 3. The summed E-state index contributed by atoms with van der Waals surface area (Å²) in [6, 6.07) is 21.7. The second-order valence-electron chi connectivity index (χ2n) is 9.09. The van der Waals surface area contributed by atoms with Gasteiger partial charge in [0.15, 0.2) is 0 Å². The highest BCUT2D eigenvalue weighted by Crippen LogP contribution is 2.28. The van der Waals surface area contributed by atoms with Crippen molar-refractivity contribution in [1.82, 2.24) is 19.7 Å². The third-order valence-corrected chi connectivity index (χ3v) is 7.61. The molecule has 0 saturated carbocycles. The van der Waals surface area contributed by atoms with Gasteiger partial charge in [-0.1, -0.05) is 42.5 Å². The molecule has 36 heavy (non-hydrogen) atoms. The van der Waals surface area contributed by atoms with Crippen LogP contribution < -0.4 is 10.1 Å². The van der Waals surface area contributed by atoms with Crippen LogP contribution >= 0.6 is 11.3 Å². The number of urea groups is 1. The first kappa shape index (κ1) is 23.9. The third-order valence-electron chi connectivity index (χ3n) is 6.66. The Morgan fingerprint density at radius 2 is 1.83 bits per heavy atom. The summed E-state index contributed by atoms with van der Waals surface area (Å²) in [4.78, 5) is 31.3. The van der Waals surface area contributed by atoms with Crippen molar-refractivity contribution in [3.63, 3.8) is 0 Å². The largest absolute Gasteiger partial charge is 0.497 e. The van der Waals surface area contributed by atoms with E-state index < -0.39 is 0 Å². The smallest absolute Gasteiger partial charge is 0.318 e. The van der Waals surface area contributed by atoms with E-state index in [2.05, 4.69) is 21.3 Å². The molecule has 4 aromatic rings. The Morgan fingerprint density at radius 1 is 1.03 bits per heavy atom. The molecule has 0 bridgehead atoms. The molecule has 1 saturated heterocycles. The summed E-state index contributed by atoms with van der Waals surface area (Å²) >= 11 is 1.64. The number of aromatic nitrogens is 1. The second-order valence-corrected chi connectivity index (χ2v) is 9.98. The Balaban J connectivity index is 1.29. The number of nitrogens with one attached hydrogen (secondary N) is 1. The first-order valence-corrected chi connectivity index (χ1v) is 13.0. The van der Waals surface area contributed by atoms with Gasteiger partial charge in [-0.05, 0) is 47.7 Å². The van der Waals surface area contributed by atoms with E-state index in [0.29, 0.717) is 38.4 Å². The molecule has 1 N–H and O–H groups in total. The van der Waals surface area contributed by atoms with Crippen LogP contribution in [-0.4, -0.2) is 59.1 Å². The van der Waals surface area contributed by atoms with Gasteiger partial charge in [0, 0.05) is 44.2 Å². The Hall–Kier alpha value is -3.78. The number of hydrogen-bond acceptors (Lipinski definition) is 4. The number of nitrogens with zero attached hydrogens (tertiary/aromatic N) is 3. The molecule has 0 radical (unpaired) electrons. The highest BCUT2D eigenvalue weighted by atomic mass is 32.1. The highest BCUT2D eigenvalue weighted by molar-refractivity contribution is 7.16. The van der Waals surface area contributed by atoms with Crippen LogP contribution in [0.15, 0.2) is 72.1 Å². The number of carbonyl (C=O) groups excluding carboxylic acids is 2. The fourth-order valence-corrected chi connectivity index (χ4v) is 5.64. The lowest BCUT2D eigenvalue weighted by molar-refractivity contribution is 0.0570. The van der Waals surface area contributed by atoms with Crippen molar-refractivity contribution in [2.75, 3.05) is 26.7 Å². The van der Waals surface area contributed by atoms with Crippen molar-refractivity contribution in [3.05, 3.63) is 88.9 Å². The number of hydrogen-bond donors (Lipinski definition) is 1. The standard InChI is InChI=1S/C28H30N4O3S/c1-20-18-30(12-13-31(20)28(34)29-17-21-7-4-3-5-8-21)26(33)25-16-23-11-14-36-27(23)32(25)19-22-9-6-10-24(15-22)35-2/h3-11,14-16,20H,12-13,17-19H2,1-2H3,(H,29,34). The van der Waals surface area contributed by atoms with Crippen LogP contribution in [0.4, 0.5) is 4.79 Å². The van der Waals surface area contributed by atoms with Gasteiger partial charge in [0.1, 0.15) is 16.3 Å². The predicted octanol–water partition coefficient (Wildman–Crippen LogP) is 4.82. The van der Waals surface area contributed by atoms with Gasteiger partial charge in [0.2, 0.25) is 0 Å². The zero-order valence-corrected chi connectivity index (χ0v) is 21.3. The van der Waals surface area contributed by atoms with E-state index in [1.807, 2.05) is 77.4 Å². The molecule has 1 unspecified atom stereocenters. The molecule has 0 aliphatic carbocycles. The summed E-state index contributed by atoms with van der Waals surface area (Å²) in [7, 11) is 1.66. The number of methoxy groups -OCH3 is 1. The van der Waals surface area contributed by atoms with E-state index in [9.17, 15) is 9.59 Å². The van der Waals surface area contributed by atoms with Gasteiger partial charge in [-0.15, -0.1) is 11.3 Å². The summed E-state index contributed by atoms with van der Waals surface area (Å²) in [6.45, 7) is 4.56. The van der Waals surface area contributed by atoms with E-state index in [-0.39, 0.29) is 18.0 Å². The van der Waals surface area contributed by atoms with Crippen LogP contribution in [0.2, 0.25) is 0 Å². The lowest BCUT2D eigenvalue weighted by Crippen LogP contribution is -2.57. The molecule has 1 aliphatic rings. The monoisotopic (exact) mass is 502 g/mol. The van der Waals surface area contributed by atoms with Crippen LogP contribution in [0.25, 0.3) is 10.2 Å². The SMILES string of the molecule is COc1cccc(Cn2c(C(=O)N3CCN(C(=O)NCc4ccccc4)C(C)C3)cc3ccsc32)c1. The fraction of sp³-hybridized carbons (Fsp3) is 0.286. The number of benzene rings is 2. The maximum Gasteiger partial charge on any atom is 0.318 e. The van der Waals surface area contributed by atoms with Gasteiger partial charge >= 0.3 is 6.03 Å². The summed E-state index contributed by atoms with van der Waals surface area (Å²) < 4.78 is 7.48. The number of piperazine rings is 1. The number of fused-ring (bicyclic) bond motifs is 1. The maximum atomic E-state index is 13.7. The summed E-state index contributed by atoms with van der Waals surface area (Å²) in [6.07, 6.45) is 0. The van der Waals surface area contributed by atoms with Crippen LogP contribution in [0, 0.1) is 0 Å². The molecular formula is C28H30N4O3S. The minimum Gasteiger partial charge on any atom is -0.497 e. The average molecular weight is 503 g/mol. The predicted molar refractivity (Wildman–Crippen MR) is 143 cm³/mol. The Kier molecular flexibility index (Phi) is 6.95. The van der Waals surface area contributed by atoms with Gasteiger partial charge in [0.05, 0.1) is 7.11 Å². The van der Waals surface area contributed by atoms with Gasteiger partial charge in [-0.2, -0.15) is 0 Å². The summed E-state index contributed by atoms with van der Waals surface area (Å²) in [5.74, 6) is 0.794. The highest BCUT2D eigenvalue weighted by Gasteiger charge is 2.31. The maximum absolute atomic E-state index is 13.7. The number of rotatable bonds is 6. The zero-order valence-electron chi connectivity index (χ0n) is 20.5. The van der Waals surface area contributed by atoms with Crippen molar-refractivity contribution < 1.29 is 14.3 Å². The van der Waals surface area contributed by atoms with E-state index in [1.165, 1.54) is 0 Å². The fourth-order valence-electron chi connectivity index (χ4n) is 4.74. The van der Waals surface area contributed by atoms with E-state index in [0.717, 1.165) is 27.1 Å². The molecule has 1 fully saturated rings. The lowest BCUT2D eigenvalue weighted by atomic mass is 10.1. The number of ether oxygens (including phenoxy) is 1. The van der Waals surface area contributed by atoms with Crippen molar-refractivity contribution >= 4 is 33.5 Å². The zero-order chi connectivity index (χ0) is 25.1. The molecule has 5 rings (SSSR count). The minimum atomic E-state index is -0.0969. The topological polar surface area (TPSA) is 66.8 Å². The minimum absolute atomic E-state index is 0.00232. The Bertz CT molecular complexity index is 1360. The van der Waals surface area contributed by atoms with Gasteiger partial charge < -0.3 is 24.4 Å². The first-order chi connectivity index (χ1) is 17.5. The molecule has 8 heteroatoms. The van der Waals surface area contributed by atoms with Crippen molar-refractivity contribution in [1.29, 1.82) is 0 Å². The molecule has 0 spiro atoms.